The van der Waals surface area contributed by atoms with Crippen LogP contribution in [-0.4, -0.2) is 13.0 Å². The van der Waals surface area contributed by atoms with Crippen molar-refractivity contribution in [3.05, 3.63) is 59.2 Å². The fourth-order valence-electron chi connectivity index (χ4n) is 2.12. The Labute approximate surface area is 120 Å². The highest BCUT2D eigenvalue weighted by Crippen LogP contribution is 2.20. The van der Waals surface area contributed by atoms with Crippen LogP contribution in [0, 0.1) is 6.92 Å². The van der Waals surface area contributed by atoms with E-state index in [9.17, 15) is 4.79 Å². The van der Waals surface area contributed by atoms with Gasteiger partial charge in [0.25, 0.3) is 5.91 Å². The van der Waals surface area contributed by atoms with E-state index in [1.807, 2.05) is 43.3 Å². The molecule has 0 aromatic heterocycles. The van der Waals surface area contributed by atoms with Gasteiger partial charge < -0.3 is 10.6 Å². The van der Waals surface area contributed by atoms with Crippen LogP contribution in [0.1, 0.15) is 28.4 Å². The maximum Gasteiger partial charge on any atom is 0.258 e. The molecule has 0 heterocycles. The van der Waals surface area contributed by atoms with Crippen LogP contribution in [0.3, 0.4) is 0 Å². The first-order valence-electron chi connectivity index (χ1n) is 6.76. The van der Waals surface area contributed by atoms with Gasteiger partial charge >= 0.3 is 0 Å². The van der Waals surface area contributed by atoms with E-state index in [4.69, 9.17) is 5.73 Å². The Morgan fingerprint density at radius 3 is 2.40 bits per heavy atom. The van der Waals surface area contributed by atoms with Crippen LogP contribution in [0.25, 0.3) is 0 Å². The van der Waals surface area contributed by atoms with Crippen molar-refractivity contribution in [1.29, 1.82) is 0 Å². The van der Waals surface area contributed by atoms with Crippen molar-refractivity contribution in [2.75, 3.05) is 17.7 Å². The molecule has 0 spiro atoms. The molecule has 3 heteroatoms. The molecule has 0 aliphatic rings. The van der Waals surface area contributed by atoms with Gasteiger partial charge in [0.2, 0.25) is 0 Å². The summed E-state index contributed by atoms with van der Waals surface area (Å²) in [6.07, 6.45) is 0.992. The highest BCUT2D eigenvalue weighted by atomic mass is 16.2. The first-order valence-corrected chi connectivity index (χ1v) is 6.76. The van der Waals surface area contributed by atoms with Gasteiger partial charge in [-0.15, -0.1) is 0 Å². The molecule has 0 aliphatic carbocycles. The fourth-order valence-corrected chi connectivity index (χ4v) is 2.12. The summed E-state index contributed by atoms with van der Waals surface area (Å²) in [7, 11) is 1.78. The fraction of sp³-hybridized carbons (Fsp3) is 0.235. The van der Waals surface area contributed by atoms with Gasteiger partial charge in [-0.3, -0.25) is 4.79 Å². The largest absolute Gasteiger partial charge is 0.399 e. The topological polar surface area (TPSA) is 46.3 Å². The molecular weight excluding hydrogens is 248 g/mol. The van der Waals surface area contributed by atoms with Crippen LogP contribution in [0.2, 0.25) is 0 Å². The molecule has 0 atom stereocenters. The molecule has 2 aromatic carbocycles. The highest BCUT2D eigenvalue weighted by molar-refractivity contribution is 6.07. The molecule has 0 fully saturated rings. The monoisotopic (exact) mass is 268 g/mol. The molecule has 0 radical (unpaired) electrons. The number of nitrogens with zero attached hydrogens (tertiary/aromatic N) is 1. The molecule has 2 aromatic rings. The van der Waals surface area contributed by atoms with Crippen LogP contribution in [0.5, 0.6) is 0 Å². The summed E-state index contributed by atoms with van der Waals surface area (Å²) in [4.78, 5) is 14.2. The molecule has 0 aliphatic heterocycles. The minimum atomic E-state index is -0.0425. The third-order valence-corrected chi connectivity index (χ3v) is 3.53. The van der Waals surface area contributed by atoms with Crippen molar-refractivity contribution >= 4 is 17.3 Å². The van der Waals surface area contributed by atoms with Crippen LogP contribution < -0.4 is 10.6 Å². The Kier molecular flexibility index (Phi) is 4.08. The number of hydrogen-bond acceptors (Lipinski definition) is 2. The molecule has 20 heavy (non-hydrogen) atoms. The predicted molar refractivity (Wildman–Crippen MR) is 84.1 cm³/mol. The van der Waals surface area contributed by atoms with Gasteiger partial charge in [0.05, 0.1) is 0 Å². The molecule has 2 N–H and O–H groups in total. The Morgan fingerprint density at radius 2 is 1.80 bits per heavy atom. The molecule has 3 nitrogen and oxygen atoms in total. The second kappa shape index (κ2) is 5.78. The zero-order chi connectivity index (χ0) is 14.7. The number of nitrogens with two attached hydrogens (primary N) is 1. The average Bonchev–Trinajstić information content (AvgIpc) is 2.48. The third kappa shape index (κ3) is 2.82. The van der Waals surface area contributed by atoms with Crippen LogP contribution in [-0.2, 0) is 6.42 Å². The zero-order valence-corrected chi connectivity index (χ0v) is 12.2. The van der Waals surface area contributed by atoms with Gasteiger partial charge in [0.1, 0.15) is 0 Å². The lowest BCUT2D eigenvalue weighted by atomic mass is 10.1. The maximum atomic E-state index is 12.5. The molecule has 0 saturated carbocycles. The van der Waals surface area contributed by atoms with Crippen molar-refractivity contribution in [2.24, 2.45) is 0 Å². The van der Waals surface area contributed by atoms with Crippen LogP contribution in [0.4, 0.5) is 11.4 Å². The summed E-state index contributed by atoms with van der Waals surface area (Å²) in [6.45, 7) is 4.03. The number of rotatable bonds is 3. The van der Waals surface area contributed by atoms with E-state index in [-0.39, 0.29) is 5.91 Å². The number of aryl methyl sites for hydroxylation is 2. The number of nitrogen functional groups attached to an aromatic ring is 1. The van der Waals surface area contributed by atoms with Crippen LogP contribution >= 0.6 is 0 Å². The zero-order valence-electron chi connectivity index (χ0n) is 12.2. The van der Waals surface area contributed by atoms with Gasteiger partial charge in [0.15, 0.2) is 0 Å². The SMILES string of the molecule is CCc1ccc(N(C)C(=O)c2cc(N)ccc2C)cc1. The Morgan fingerprint density at radius 1 is 1.15 bits per heavy atom. The average molecular weight is 268 g/mol. The number of amides is 1. The van der Waals surface area contributed by atoms with E-state index in [1.54, 1.807) is 18.0 Å². The lowest BCUT2D eigenvalue weighted by Crippen LogP contribution is -2.27. The normalized spacial score (nSPS) is 10.3. The molecule has 104 valence electrons. The summed E-state index contributed by atoms with van der Waals surface area (Å²) in [6, 6.07) is 13.4. The lowest BCUT2D eigenvalue weighted by Gasteiger charge is -2.19. The Balaban J connectivity index is 2.29. The number of carbonyl (C=O) groups is 1. The van der Waals surface area contributed by atoms with Gasteiger partial charge in [0, 0.05) is 24.0 Å². The minimum absolute atomic E-state index is 0.0425. The number of benzene rings is 2. The van der Waals surface area contributed by atoms with E-state index in [0.29, 0.717) is 11.3 Å². The number of anilines is 2. The maximum absolute atomic E-state index is 12.5. The van der Waals surface area contributed by atoms with Gasteiger partial charge in [-0.2, -0.15) is 0 Å². The third-order valence-electron chi connectivity index (χ3n) is 3.53. The molecule has 0 unspecified atom stereocenters. The predicted octanol–water partition coefficient (Wildman–Crippen LogP) is 3.42. The molecule has 1 amide bonds. The second-order valence-electron chi connectivity index (χ2n) is 4.96. The molecule has 0 bridgehead atoms. The molecule has 0 saturated heterocycles. The van der Waals surface area contributed by atoms with Crippen molar-refractivity contribution in [2.45, 2.75) is 20.3 Å². The molecular formula is C17H20N2O. The summed E-state index contributed by atoms with van der Waals surface area (Å²) in [5, 5.41) is 0. The first-order chi connectivity index (χ1) is 9.52. The summed E-state index contributed by atoms with van der Waals surface area (Å²) in [5.74, 6) is -0.0425. The van der Waals surface area contributed by atoms with Gasteiger partial charge in [-0.25, -0.2) is 0 Å². The minimum Gasteiger partial charge on any atom is -0.399 e. The van der Waals surface area contributed by atoms with E-state index >= 15 is 0 Å². The quantitative estimate of drug-likeness (QED) is 0.867. The smallest absolute Gasteiger partial charge is 0.258 e. The van der Waals surface area contributed by atoms with Gasteiger partial charge in [-0.1, -0.05) is 25.1 Å². The van der Waals surface area contributed by atoms with Crippen molar-refractivity contribution in [3.8, 4) is 0 Å². The van der Waals surface area contributed by atoms with Crippen molar-refractivity contribution in [3.63, 3.8) is 0 Å². The van der Waals surface area contributed by atoms with E-state index < -0.39 is 0 Å². The number of carbonyl (C=O) groups excluding carboxylic acids is 1. The van der Waals surface area contributed by atoms with E-state index in [1.165, 1.54) is 5.56 Å². The Bertz CT molecular complexity index is 617. The summed E-state index contributed by atoms with van der Waals surface area (Å²) >= 11 is 0. The lowest BCUT2D eigenvalue weighted by molar-refractivity contribution is 0.0992. The number of hydrogen-bond donors (Lipinski definition) is 1. The van der Waals surface area contributed by atoms with E-state index in [0.717, 1.165) is 17.7 Å². The second-order valence-corrected chi connectivity index (χ2v) is 4.96. The van der Waals surface area contributed by atoms with Gasteiger partial charge in [-0.05, 0) is 48.7 Å². The Hall–Kier alpha value is -2.29. The van der Waals surface area contributed by atoms with Crippen molar-refractivity contribution in [1.82, 2.24) is 0 Å². The highest BCUT2D eigenvalue weighted by Gasteiger charge is 2.15. The van der Waals surface area contributed by atoms with Crippen molar-refractivity contribution < 1.29 is 4.79 Å². The summed E-state index contributed by atoms with van der Waals surface area (Å²) in [5.41, 5.74) is 10.1. The van der Waals surface area contributed by atoms with Crippen LogP contribution in [0.15, 0.2) is 42.5 Å². The molecule has 2 rings (SSSR count). The van der Waals surface area contributed by atoms with E-state index in [2.05, 4.69) is 6.92 Å². The summed E-state index contributed by atoms with van der Waals surface area (Å²) < 4.78 is 0. The standard InChI is InChI=1S/C17H20N2O/c1-4-13-6-9-15(10-7-13)19(3)17(20)16-11-14(18)8-5-12(16)2/h5-11H,4,18H2,1-3H3. The first kappa shape index (κ1) is 14.1.